The second kappa shape index (κ2) is 4.61. The predicted molar refractivity (Wildman–Crippen MR) is 55.2 cm³/mol. The third kappa shape index (κ3) is 2.16. The standard InChI is InChI=1S/C8H6N8/c1-9-7(6-4-2-3-5-10-6)11-12-8-13-15-16-14-8/h2-5H,(H2,12,13,14,15,16)/b11-7-. The van der Waals surface area contributed by atoms with Crippen LogP contribution in [-0.4, -0.2) is 31.4 Å². The van der Waals surface area contributed by atoms with Crippen LogP contribution in [0.4, 0.5) is 5.95 Å². The van der Waals surface area contributed by atoms with Crippen molar-refractivity contribution in [3.63, 3.8) is 0 Å². The van der Waals surface area contributed by atoms with Crippen molar-refractivity contribution >= 4 is 11.8 Å². The predicted octanol–water partition coefficient (Wildman–Crippen LogP) is 0.288. The number of anilines is 1. The first-order valence-electron chi connectivity index (χ1n) is 4.26. The van der Waals surface area contributed by atoms with E-state index in [-0.39, 0.29) is 11.8 Å². The van der Waals surface area contributed by atoms with Crippen LogP contribution in [0, 0.1) is 6.57 Å². The number of nitrogens with zero attached hydrogens (tertiary/aromatic N) is 6. The zero-order chi connectivity index (χ0) is 11.2. The quantitative estimate of drug-likeness (QED) is 0.331. The first-order chi connectivity index (χ1) is 7.90. The van der Waals surface area contributed by atoms with Gasteiger partial charge in [-0.3, -0.25) is 4.98 Å². The maximum Gasteiger partial charge on any atom is 0.319 e. The smallest absolute Gasteiger partial charge is 0.319 e. The van der Waals surface area contributed by atoms with Crippen molar-refractivity contribution in [3.8, 4) is 0 Å². The molecule has 8 nitrogen and oxygen atoms in total. The summed E-state index contributed by atoms with van der Waals surface area (Å²) in [5.74, 6) is 0.322. The fourth-order valence-electron chi connectivity index (χ4n) is 0.947. The van der Waals surface area contributed by atoms with Gasteiger partial charge in [0.1, 0.15) is 0 Å². The second-order valence-corrected chi connectivity index (χ2v) is 2.61. The fraction of sp³-hybridized carbons (Fsp3) is 0. The summed E-state index contributed by atoms with van der Waals surface area (Å²) in [5.41, 5.74) is 2.97. The van der Waals surface area contributed by atoms with Crippen LogP contribution in [0.15, 0.2) is 29.5 Å². The van der Waals surface area contributed by atoms with Gasteiger partial charge in [-0.05, 0) is 22.4 Å². The minimum Gasteiger partial charge on any atom is -0.357 e. The highest BCUT2D eigenvalue weighted by atomic mass is 15.5. The Labute approximate surface area is 90.2 Å². The first-order valence-corrected chi connectivity index (χ1v) is 4.26. The van der Waals surface area contributed by atoms with Gasteiger partial charge in [-0.2, -0.15) is 10.6 Å². The lowest BCUT2D eigenvalue weighted by atomic mass is 10.3. The van der Waals surface area contributed by atoms with Gasteiger partial charge in [-0.15, -0.1) is 5.10 Å². The van der Waals surface area contributed by atoms with Crippen LogP contribution in [0.2, 0.25) is 0 Å². The van der Waals surface area contributed by atoms with Gasteiger partial charge in [0, 0.05) is 6.20 Å². The normalized spacial score (nSPS) is 10.8. The summed E-state index contributed by atoms with van der Waals surface area (Å²) in [6.07, 6.45) is 1.59. The van der Waals surface area contributed by atoms with E-state index in [1.807, 2.05) is 0 Å². The average molecular weight is 214 g/mol. The van der Waals surface area contributed by atoms with Gasteiger partial charge in [-0.25, -0.2) is 0 Å². The molecular weight excluding hydrogens is 208 g/mol. The summed E-state index contributed by atoms with van der Waals surface area (Å²) < 4.78 is 0. The number of hydrogen-bond acceptors (Lipinski definition) is 6. The molecule has 0 amide bonds. The van der Waals surface area contributed by atoms with Gasteiger partial charge >= 0.3 is 5.84 Å². The summed E-state index contributed by atoms with van der Waals surface area (Å²) in [7, 11) is 0. The highest BCUT2D eigenvalue weighted by Gasteiger charge is 2.05. The number of aromatic nitrogens is 5. The Balaban J connectivity index is 2.18. The Hall–Kier alpha value is -2.82. The van der Waals surface area contributed by atoms with Crippen molar-refractivity contribution < 1.29 is 0 Å². The van der Waals surface area contributed by atoms with Crippen molar-refractivity contribution in [1.29, 1.82) is 0 Å². The zero-order valence-electron chi connectivity index (χ0n) is 7.99. The van der Waals surface area contributed by atoms with E-state index in [1.54, 1.807) is 24.4 Å². The van der Waals surface area contributed by atoms with Crippen molar-refractivity contribution in [3.05, 3.63) is 41.5 Å². The number of amidine groups is 1. The Morgan fingerprint density at radius 2 is 2.44 bits per heavy atom. The first kappa shape index (κ1) is 9.72. The number of rotatable bonds is 3. The molecule has 0 bridgehead atoms. The van der Waals surface area contributed by atoms with Crippen molar-refractivity contribution in [2.24, 2.45) is 5.10 Å². The number of nitrogens with one attached hydrogen (secondary N) is 2. The van der Waals surface area contributed by atoms with Gasteiger partial charge < -0.3 is 4.85 Å². The molecule has 0 saturated heterocycles. The molecule has 78 valence electrons. The van der Waals surface area contributed by atoms with Crippen LogP contribution in [0.1, 0.15) is 5.69 Å². The number of tetrazole rings is 1. The fourth-order valence-corrected chi connectivity index (χ4v) is 0.947. The van der Waals surface area contributed by atoms with E-state index in [0.29, 0.717) is 5.69 Å². The van der Waals surface area contributed by atoms with Crippen molar-refractivity contribution in [2.45, 2.75) is 0 Å². The Bertz CT molecular complexity index is 509. The molecular formula is C8H6N8. The third-order valence-corrected chi connectivity index (χ3v) is 1.61. The minimum absolute atomic E-state index is 0.130. The lowest BCUT2D eigenvalue weighted by molar-refractivity contribution is 0.881. The van der Waals surface area contributed by atoms with Crippen molar-refractivity contribution in [2.75, 3.05) is 5.43 Å². The molecule has 0 atom stereocenters. The molecule has 8 heteroatoms. The lowest BCUT2D eigenvalue weighted by Gasteiger charge is -1.94. The largest absolute Gasteiger partial charge is 0.357 e. The molecule has 0 aliphatic rings. The second-order valence-electron chi connectivity index (χ2n) is 2.61. The molecule has 0 aliphatic heterocycles. The number of pyridine rings is 1. The SMILES string of the molecule is [C-]#[N+]/C(=N\Nc1nn[nH]n1)c1ccccn1. The summed E-state index contributed by atoms with van der Waals surface area (Å²) in [6.45, 7) is 6.98. The zero-order valence-corrected chi connectivity index (χ0v) is 7.99. The van der Waals surface area contributed by atoms with Crippen LogP contribution in [-0.2, 0) is 0 Å². The van der Waals surface area contributed by atoms with Crippen LogP contribution in [0.5, 0.6) is 0 Å². The van der Waals surface area contributed by atoms with Gasteiger partial charge in [0.25, 0.3) is 5.95 Å². The van der Waals surface area contributed by atoms with E-state index < -0.39 is 0 Å². The molecule has 2 aromatic heterocycles. The van der Waals surface area contributed by atoms with Crippen LogP contribution in [0.3, 0.4) is 0 Å². The summed E-state index contributed by atoms with van der Waals surface area (Å²) >= 11 is 0. The summed E-state index contributed by atoms with van der Waals surface area (Å²) in [4.78, 5) is 7.25. The van der Waals surface area contributed by atoms with Crippen molar-refractivity contribution in [1.82, 2.24) is 25.6 Å². The molecule has 0 radical (unpaired) electrons. The van der Waals surface area contributed by atoms with Gasteiger partial charge in [-0.1, -0.05) is 17.7 Å². The highest BCUT2D eigenvalue weighted by molar-refractivity contribution is 6.04. The Kier molecular flexibility index (Phi) is 2.80. The lowest BCUT2D eigenvalue weighted by Crippen LogP contribution is -2.02. The minimum atomic E-state index is 0.130. The molecule has 2 aromatic rings. The van der Waals surface area contributed by atoms with Gasteiger partial charge in [0.15, 0.2) is 0 Å². The molecule has 2 N–H and O–H groups in total. The monoisotopic (exact) mass is 214 g/mol. The number of hydrazone groups is 1. The molecule has 0 saturated carbocycles. The van der Waals surface area contributed by atoms with Gasteiger partial charge in [0.05, 0.1) is 5.69 Å². The number of aromatic amines is 1. The van der Waals surface area contributed by atoms with Gasteiger partial charge in [0.2, 0.25) is 0 Å². The van der Waals surface area contributed by atoms with E-state index in [0.717, 1.165) is 0 Å². The van der Waals surface area contributed by atoms with Crippen LogP contribution >= 0.6 is 0 Å². The number of H-pyrrole nitrogens is 1. The highest BCUT2D eigenvalue weighted by Crippen LogP contribution is 1.99. The van der Waals surface area contributed by atoms with Crippen LogP contribution < -0.4 is 5.43 Å². The Morgan fingerprint density at radius 1 is 1.50 bits per heavy atom. The number of hydrogen-bond donors (Lipinski definition) is 2. The molecule has 0 aromatic carbocycles. The molecule has 2 heterocycles. The maximum atomic E-state index is 6.98. The summed E-state index contributed by atoms with van der Waals surface area (Å²) in [6, 6.07) is 5.23. The van der Waals surface area contributed by atoms with E-state index in [2.05, 4.69) is 41.0 Å². The molecule has 0 spiro atoms. The molecule has 16 heavy (non-hydrogen) atoms. The average Bonchev–Trinajstić information content (AvgIpc) is 2.84. The summed E-state index contributed by atoms with van der Waals surface area (Å²) in [5, 5.41) is 16.7. The Morgan fingerprint density at radius 3 is 3.06 bits per heavy atom. The topological polar surface area (TPSA) is 96.1 Å². The molecule has 0 fully saturated rings. The van der Waals surface area contributed by atoms with E-state index in [4.69, 9.17) is 6.57 Å². The maximum absolute atomic E-state index is 6.98. The van der Waals surface area contributed by atoms with E-state index in [9.17, 15) is 0 Å². The van der Waals surface area contributed by atoms with E-state index in [1.165, 1.54) is 0 Å². The molecule has 0 aliphatic carbocycles. The molecule has 0 unspecified atom stereocenters. The van der Waals surface area contributed by atoms with E-state index >= 15 is 0 Å². The third-order valence-electron chi connectivity index (χ3n) is 1.61. The van der Waals surface area contributed by atoms with Crippen LogP contribution in [0.25, 0.3) is 4.85 Å². The molecule has 2 rings (SSSR count).